The summed E-state index contributed by atoms with van der Waals surface area (Å²) in [4.78, 5) is 59.0. The van der Waals surface area contributed by atoms with Crippen LogP contribution in [0.1, 0.15) is 148 Å². The average molecular weight is 1410 g/mol. The second-order valence-electron chi connectivity index (χ2n) is 26.6. The predicted octanol–water partition coefficient (Wildman–Crippen LogP) is 11.4. The number of carbonyl (C=O) groups is 3. The van der Waals surface area contributed by atoms with Crippen molar-refractivity contribution in [2.75, 3.05) is 63.1 Å². The van der Waals surface area contributed by atoms with Gasteiger partial charge in [-0.15, -0.1) is 0 Å². The van der Waals surface area contributed by atoms with Crippen LogP contribution in [-0.4, -0.2) is 145 Å². The number of pyridine rings is 3. The van der Waals surface area contributed by atoms with E-state index in [0.717, 1.165) is 81.7 Å². The number of unbranched alkanes of at least 4 members (excludes halogenated alkanes) is 2. The molecule has 4 aromatic carbocycles. The van der Waals surface area contributed by atoms with Crippen molar-refractivity contribution in [1.82, 2.24) is 35.4 Å². The van der Waals surface area contributed by atoms with E-state index in [9.17, 15) is 53.3 Å². The number of aryl methyl sites for hydroxylation is 3. The van der Waals surface area contributed by atoms with Gasteiger partial charge in [0.15, 0.2) is 5.71 Å². The van der Waals surface area contributed by atoms with Gasteiger partial charge in [0, 0.05) is 122 Å². The molecule has 4 amide bonds. The first-order chi connectivity index (χ1) is 46.9. The largest absolute Gasteiger partial charge is 0.481 e. The maximum Gasteiger partial charge on any atom is 0.320 e. The summed E-state index contributed by atoms with van der Waals surface area (Å²) in [6, 6.07) is 21.3. The summed E-state index contributed by atoms with van der Waals surface area (Å²) >= 11 is 0. The van der Waals surface area contributed by atoms with Gasteiger partial charge in [-0.3, -0.25) is 28.2 Å². The number of hydrogen-bond donors (Lipinski definition) is 6. The highest BCUT2D eigenvalue weighted by atomic mass is 32.2. The van der Waals surface area contributed by atoms with E-state index in [-0.39, 0.29) is 39.6 Å². The number of nitrogens with zero attached hydrogens (tertiary/aromatic N) is 7. The molecule has 26 heteroatoms. The Labute approximate surface area is 578 Å². The molecule has 0 spiro atoms. The third kappa shape index (κ3) is 14.6. The Morgan fingerprint density at radius 3 is 2.21 bits per heavy atom. The monoisotopic (exact) mass is 1410 g/mol. The van der Waals surface area contributed by atoms with E-state index in [1.165, 1.54) is 30.5 Å². The molecule has 3 aromatic heterocycles. The standard InChI is InChI=1S/C73H84N10O13S3/c1-10-81-60-27-24-54-45(3)37-52(97(87,88)89)39-56(54)67(60)72(5,6)63(81)29-21-47(22-30-64-73(7,8)68-57-40-53(98(90,91)92)41-62(99(93,94)95)55(57)25-28-61(68)82(64)11-2)58-26-20-50(43-76-58)70(85)75-32-14-12-13-19-65(84)77-44-51-38-48-17-15-33-74-69(48)79-59(51)18-16-34-80-35-36-83(71(80)86)46(4)49-23-31-66(96-9)78-42-49/h20-31,37-43,46H,10-19,32-36,44H2,1-9H3,(H5-,74,75,77,79,84,85,87,88,89,90,91,92,93,94,95)/p+1/t46-/m0/s1. The van der Waals surface area contributed by atoms with Crippen LogP contribution in [-0.2, 0) is 65.4 Å². The number of rotatable bonds is 25. The van der Waals surface area contributed by atoms with Crippen molar-refractivity contribution in [3.8, 4) is 5.88 Å². The Kier molecular flexibility index (Phi) is 20.5. The average Bonchev–Trinajstić information content (AvgIpc) is 1.60. The van der Waals surface area contributed by atoms with E-state index >= 15 is 0 Å². The summed E-state index contributed by atoms with van der Waals surface area (Å²) in [5, 5.41) is 11.3. The number of urea groups is 1. The number of amides is 4. The van der Waals surface area contributed by atoms with Crippen LogP contribution >= 0.6 is 0 Å². The van der Waals surface area contributed by atoms with Crippen molar-refractivity contribution in [2.45, 2.75) is 145 Å². The lowest BCUT2D eigenvalue weighted by Gasteiger charge is -2.26. The highest BCUT2D eigenvalue weighted by Gasteiger charge is 2.46. The third-order valence-corrected chi connectivity index (χ3v) is 22.2. The molecule has 99 heavy (non-hydrogen) atoms. The predicted molar refractivity (Wildman–Crippen MR) is 381 cm³/mol. The number of anilines is 2. The van der Waals surface area contributed by atoms with E-state index < -0.39 is 51.0 Å². The van der Waals surface area contributed by atoms with Gasteiger partial charge in [0.1, 0.15) is 17.3 Å². The van der Waals surface area contributed by atoms with Gasteiger partial charge in [-0.25, -0.2) is 14.8 Å². The first-order valence-electron chi connectivity index (χ1n) is 33.4. The molecule has 1 fully saturated rings. The number of likely N-dealkylation sites (N-methyl/N-ethyl adjacent to an activating group) is 1. The van der Waals surface area contributed by atoms with Crippen molar-refractivity contribution in [3.63, 3.8) is 0 Å². The Hall–Kier alpha value is -8.92. The quantitative estimate of drug-likeness (QED) is 0.0134. The van der Waals surface area contributed by atoms with E-state index in [2.05, 4.69) is 45.4 Å². The molecule has 0 unspecified atom stereocenters. The first kappa shape index (κ1) is 71.4. The van der Waals surface area contributed by atoms with Crippen LogP contribution in [0.4, 0.5) is 22.0 Å². The van der Waals surface area contributed by atoms with Gasteiger partial charge < -0.3 is 35.4 Å². The van der Waals surface area contributed by atoms with Crippen molar-refractivity contribution in [2.24, 2.45) is 0 Å². The Bertz CT molecular complexity index is 4880. The zero-order valence-corrected chi connectivity index (χ0v) is 59.6. The summed E-state index contributed by atoms with van der Waals surface area (Å²) in [5.74, 6) is 0.967. The second-order valence-corrected chi connectivity index (χ2v) is 30.8. The molecule has 1 saturated heterocycles. The zero-order chi connectivity index (χ0) is 71.1. The summed E-state index contributed by atoms with van der Waals surface area (Å²) < 4.78 is 114. The van der Waals surface area contributed by atoms with Crippen LogP contribution in [0.5, 0.6) is 5.88 Å². The van der Waals surface area contributed by atoms with E-state index in [1.54, 1.807) is 44.5 Å². The number of fused-ring (bicyclic) bond motifs is 7. The van der Waals surface area contributed by atoms with Crippen LogP contribution < -0.4 is 25.6 Å². The van der Waals surface area contributed by atoms with Crippen molar-refractivity contribution in [1.29, 1.82) is 0 Å². The Morgan fingerprint density at radius 1 is 0.798 bits per heavy atom. The molecule has 4 aliphatic heterocycles. The number of hydrogen-bond acceptors (Lipinski definition) is 15. The lowest BCUT2D eigenvalue weighted by atomic mass is 9.78. The molecule has 11 rings (SSSR count). The molecule has 6 N–H and O–H groups in total. The number of aromatic nitrogens is 3. The van der Waals surface area contributed by atoms with Crippen LogP contribution in [0, 0.1) is 6.92 Å². The highest BCUT2D eigenvalue weighted by Crippen LogP contribution is 2.52. The number of benzene rings is 4. The maximum absolute atomic E-state index is 13.7. The Balaban J connectivity index is 0.773. The molecule has 23 nitrogen and oxygen atoms in total. The number of allylic oxidation sites excluding steroid dienone is 6. The highest BCUT2D eigenvalue weighted by molar-refractivity contribution is 7.87. The summed E-state index contributed by atoms with van der Waals surface area (Å²) in [6.45, 7) is 20.0. The number of nitrogens with one attached hydrogen (secondary N) is 3. The van der Waals surface area contributed by atoms with Crippen molar-refractivity contribution < 1.29 is 62.6 Å². The van der Waals surface area contributed by atoms with E-state index in [1.807, 2.05) is 91.8 Å². The van der Waals surface area contributed by atoms with Crippen molar-refractivity contribution >= 4 is 98.2 Å². The van der Waals surface area contributed by atoms with Crippen LogP contribution in [0.2, 0.25) is 0 Å². The fourth-order valence-corrected chi connectivity index (χ4v) is 16.4. The van der Waals surface area contributed by atoms with Gasteiger partial charge in [-0.05, 0) is 191 Å². The molecule has 7 heterocycles. The number of carbonyl (C=O) groups excluding carboxylic acids is 3. The molecule has 7 aromatic rings. The first-order valence-corrected chi connectivity index (χ1v) is 37.7. The summed E-state index contributed by atoms with van der Waals surface area (Å²) in [6.07, 6.45) is 16.4. The summed E-state index contributed by atoms with van der Waals surface area (Å²) in [7, 11) is -12.9. The van der Waals surface area contributed by atoms with Gasteiger partial charge in [0.05, 0.1) is 39.6 Å². The van der Waals surface area contributed by atoms with Gasteiger partial charge in [-0.1, -0.05) is 38.5 Å². The minimum Gasteiger partial charge on any atom is -0.481 e. The lowest BCUT2D eigenvalue weighted by molar-refractivity contribution is -0.433. The molecular weight excluding hydrogens is 1320 g/mol. The van der Waals surface area contributed by atoms with Gasteiger partial charge in [-0.2, -0.15) is 29.8 Å². The fraction of sp³-hybridized carbons (Fsp3) is 0.384. The molecule has 522 valence electrons. The van der Waals surface area contributed by atoms with E-state index in [4.69, 9.17) is 14.7 Å². The minimum absolute atomic E-state index is 0.0101. The van der Waals surface area contributed by atoms with Gasteiger partial charge >= 0.3 is 6.03 Å². The van der Waals surface area contributed by atoms with Crippen LogP contribution in [0.15, 0.2) is 136 Å². The minimum atomic E-state index is -4.98. The van der Waals surface area contributed by atoms with Crippen LogP contribution in [0.3, 0.4) is 0 Å². The topological polar surface area (TPSA) is 311 Å². The maximum atomic E-state index is 13.7. The number of methoxy groups -OCH3 is 1. The van der Waals surface area contributed by atoms with Gasteiger partial charge in [0.25, 0.3) is 36.3 Å². The smallest absolute Gasteiger partial charge is 0.320 e. The second kappa shape index (κ2) is 28.4. The summed E-state index contributed by atoms with van der Waals surface area (Å²) in [5.41, 5.74) is 8.85. The van der Waals surface area contributed by atoms with Crippen LogP contribution in [0.25, 0.3) is 27.1 Å². The molecule has 0 aliphatic carbocycles. The molecule has 1 atom stereocenters. The lowest BCUT2D eigenvalue weighted by Crippen LogP contribution is -2.34. The van der Waals surface area contributed by atoms with Crippen molar-refractivity contribution in [3.05, 3.63) is 172 Å². The normalized spacial score (nSPS) is 16.8. The SMILES string of the molecule is CCN1/C(=C/C=C(/C=C/C2=[N+](CC)c3ccc4c(C)cc(S(=O)(=O)O)cc4c3C2(C)C)c2ccc(C(=O)NCCCCCC(=O)NCc3cc4c(nc3CCCN3CCN([C@@H](C)c5ccc(OC)nc5)C3=O)NCCC4)cn2)C(C)(C)c2c1ccc1c(S(=O)(=O)O)cc(S(=O)(=O)O)cc21. The fourth-order valence-electron chi connectivity index (χ4n) is 14.5. The molecule has 0 saturated carbocycles. The molecule has 4 aliphatic rings. The molecule has 0 bridgehead atoms. The number of ether oxygens (including phenoxy) is 1. The van der Waals surface area contributed by atoms with Gasteiger partial charge in [0.2, 0.25) is 17.5 Å². The zero-order valence-electron chi connectivity index (χ0n) is 57.1. The van der Waals surface area contributed by atoms with E-state index in [0.29, 0.717) is 129 Å². The molecular formula is C73H85N10O13S3+. The third-order valence-electron chi connectivity index (χ3n) is 19.6. The molecule has 0 radical (unpaired) electrons. The Morgan fingerprint density at radius 2 is 1.54 bits per heavy atom.